The van der Waals surface area contributed by atoms with Crippen molar-refractivity contribution in [2.45, 2.75) is 45.6 Å². The number of benzene rings is 2. The fraction of sp³-hybridized carbons (Fsp3) is 0.304. The van der Waals surface area contributed by atoms with Crippen LogP contribution in [0, 0.1) is 18.3 Å². The normalized spacial score (nSPS) is 14.6. The van der Waals surface area contributed by atoms with Gasteiger partial charge in [-0.1, -0.05) is 29.8 Å². The van der Waals surface area contributed by atoms with E-state index >= 15 is 0 Å². The molecule has 0 aliphatic heterocycles. The SMILES string of the molecule is Cc1cc(Cl)ccc1N/C=C(/C#N)C(=O)NC(C)c1ccc2c(c1)CCCC2. The third-order valence-electron chi connectivity index (χ3n) is 5.15. The molecule has 0 heterocycles. The smallest absolute Gasteiger partial charge is 0.263 e. The molecular formula is C23H24ClN3O. The first-order chi connectivity index (χ1) is 13.5. The molecule has 0 fully saturated rings. The fourth-order valence-electron chi connectivity index (χ4n) is 3.47. The van der Waals surface area contributed by atoms with Crippen LogP contribution in [0.4, 0.5) is 5.69 Å². The molecule has 28 heavy (non-hydrogen) atoms. The summed E-state index contributed by atoms with van der Waals surface area (Å²) in [5.74, 6) is -0.396. The van der Waals surface area contributed by atoms with E-state index in [4.69, 9.17) is 11.6 Å². The van der Waals surface area contributed by atoms with Crippen LogP contribution < -0.4 is 10.6 Å². The number of rotatable bonds is 5. The molecule has 5 heteroatoms. The van der Waals surface area contributed by atoms with Gasteiger partial charge in [0.1, 0.15) is 11.6 Å². The van der Waals surface area contributed by atoms with E-state index in [0.717, 1.165) is 29.7 Å². The summed E-state index contributed by atoms with van der Waals surface area (Å²) in [5, 5.41) is 16.0. The van der Waals surface area contributed by atoms with E-state index in [1.807, 2.05) is 32.0 Å². The van der Waals surface area contributed by atoms with E-state index in [0.29, 0.717) is 5.02 Å². The molecule has 2 N–H and O–H groups in total. The molecule has 0 radical (unpaired) electrons. The van der Waals surface area contributed by atoms with Crippen molar-refractivity contribution >= 4 is 23.2 Å². The zero-order valence-electron chi connectivity index (χ0n) is 16.2. The second-order valence-electron chi connectivity index (χ2n) is 7.20. The highest BCUT2D eigenvalue weighted by molar-refractivity contribution is 6.30. The summed E-state index contributed by atoms with van der Waals surface area (Å²) in [4.78, 5) is 12.5. The Morgan fingerprint density at radius 3 is 2.64 bits per heavy atom. The van der Waals surface area contributed by atoms with E-state index in [9.17, 15) is 10.1 Å². The van der Waals surface area contributed by atoms with Crippen LogP contribution in [0.15, 0.2) is 48.2 Å². The molecule has 0 bridgehead atoms. The maximum atomic E-state index is 12.5. The summed E-state index contributed by atoms with van der Waals surface area (Å²) < 4.78 is 0. The van der Waals surface area contributed by atoms with E-state index in [1.54, 1.807) is 6.07 Å². The summed E-state index contributed by atoms with van der Waals surface area (Å²) in [7, 11) is 0. The largest absolute Gasteiger partial charge is 0.360 e. The van der Waals surface area contributed by atoms with Crippen molar-refractivity contribution in [1.82, 2.24) is 5.32 Å². The van der Waals surface area contributed by atoms with E-state index < -0.39 is 5.91 Å². The lowest BCUT2D eigenvalue weighted by molar-refractivity contribution is -0.117. The van der Waals surface area contributed by atoms with Gasteiger partial charge in [0.25, 0.3) is 5.91 Å². The summed E-state index contributed by atoms with van der Waals surface area (Å²) in [6.07, 6.45) is 6.12. The topological polar surface area (TPSA) is 64.9 Å². The van der Waals surface area contributed by atoms with E-state index in [-0.39, 0.29) is 11.6 Å². The molecule has 0 saturated heterocycles. The molecule has 4 nitrogen and oxygen atoms in total. The molecule has 1 aliphatic carbocycles. The van der Waals surface area contributed by atoms with Crippen LogP contribution in [-0.4, -0.2) is 5.91 Å². The van der Waals surface area contributed by atoms with E-state index in [2.05, 4.69) is 28.8 Å². The van der Waals surface area contributed by atoms with Gasteiger partial charge in [-0.05, 0) is 80.0 Å². The summed E-state index contributed by atoms with van der Waals surface area (Å²) in [5.41, 5.74) is 5.61. The molecule has 2 aromatic carbocycles. The summed E-state index contributed by atoms with van der Waals surface area (Å²) in [6, 6.07) is 13.6. The van der Waals surface area contributed by atoms with Gasteiger partial charge in [-0.3, -0.25) is 4.79 Å². The number of aryl methyl sites for hydroxylation is 3. The van der Waals surface area contributed by atoms with Crippen LogP contribution in [0.3, 0.4) is 0 Å². The third-order valence-corrected chi connectivity index (χ3v) is 5.38. The number of anilines is 1. The molecule has 2 aromatic rings. The maximum absolute atomic E-state index is 12.5. The van der Waals surface area contributed by atoms with Gasteiger partial charge in [-0.25, -0.2) is 0 Å². The predicted molar refractivity (Wildman–Crippen MR) is 113 cm³/mol. The highest BCUT2D eigenvalue weighted by Gasteiger charge is 2.16. The van der Waals surface area contributed by atoms with Crippen LogP contribution in [0.5, 0.6) is 0 Å². The Morgan fingerprint density at radius 1 is 1.18 bits per heavy atom. The zero-order valence-corrected chi connectivity index (χ0v) is 16.9. The average molecular weight is 394 g/mol. The number of nitrogens with zero attached hydrogens (tertiary/aromatic N) is 1. The van der Waals surface area contributed by atoms with Gasteiger partial charge in [-0.2, -0.15) is 5.26 Å². The number of halogens is 1. The second-order valence-corrected chi connectivity index (χ2v) is 7.64. The monoisotopic (exact) mass is 393 g/mol. The van der Waals surface area contributed by atoms with Crippen molar-refractivity contribution in [3.05, 3.63) is 75.4 Å². The van der Waals surface area contributed by atoms with E-state index in [1.165, 1.54) is 30.2 Å². The Balaban J connectivity index is 1.68. The Kier molecular flexibility index (Phi) is 6.38. The first-order valence-electron chi connectivity index (χ1n) is 9.53. The third kappa shape index (κ3) is 4.74. The minimum absolute atomic E-state index is 0.0270. The Hall–Kier alpha value is -2.77. The van der Waals surface area contributed by atoms with Crippen LogP contribution in [0.2, 0.25) is 5.02 Å². The van der Waals surface area contributed by atoms with Crippen molar-refractivity contribution < 1.29 is 4.79 Å². The Labute approximate surface area is 171 Å². The highest BCUT2D eigenvalue weighted by Crippen LogP contribution is 2.25. The lowest BCUT2D eigenvalue weighted by Crippen LogP contribution is -2.28. The standard InChI is InChI=1S/C23H24ClN3O/c1-15-11-21(24)9-10-22(15)26-14-20(13-25)23(28)27-16(2)18-8-7-17-5-3-4-6-19(17)12-18/h7-12,14,16,26H,3-6H2,1-2H3,(H,27,28)/b20-14-. The van der Waals surface area contributed by atoms with Gasteiger partial charge < -0.3 is 10.6 Å². The molecule has 144 valence electrons. The van der Waals surface area contributed by atoms with Gasteiger partial charge in [0.15, 0.2) is 0 Å². The number of nitrogens with one attached hydrogen (secondary N) is 2. The van der Waals surface area contributed by atoms with Crippen LogP contribution in [0.25, 0.3) is 0 Å². The number of hydrogen-bond acceptors (Lipinski definition) is 3. The molecular weight excluding hydrogens is 370 g/mol. The number of amides is 1. The molecule has 1 amide bonds. The molecule has 0 spiro atoms. The minimum atomic E-state index is -0.396. The summed E-state index contributed by atoms with van der Waals surface area (Å²) >= 11 is 5.96. The molecule has 1 aliphatic rings. The zero-order chi connectivity index (χ0) is 20.1. The van der Waals surface area contributed by atoms with Crippen LogP contribution in [-0.2, 0) is 17.6 Å². The number of carbonyl (C=O) groups excluding carboxylic acids is 1. The Bertz CT molecular complexity index is 959. The van der Waals surface area contributed by atoms with Gasteiger partial charge >= 0.3 is 0 Å². The predicted octanol–water partition coefficient (Wildman–Crippen LogP) is 5.22. The Morgan fingerprint density at radius 2 is 1.93 bits per heavy atom. The lowest BCUT2D eigenvalue weighted by Gasteiger charge is -2.20. The van der Waals surface area contributed by atoms with Crippen molar-refractivity contribution in [3.63, 3.8) is 0 Å². The molecule has 0 aromatic heterocycles. The van der Waals surface area contributed by atoms with Crippen LogP contribution in [0.1, 0.15) is 48.1 Å². The molecule has 1 unspecified atom stereocenters. The maximum Gasteiger partial charge on any atom is 0.263 e. The van der Waals surface area contributed by atoms with Crippen molar-refractivity contribution in [3.8, 4) is 6.07 Å². The van der Waals surface area contributed by atoms with Gasteiger partial charge in [-0.15, -0.1) is 0 Å². The number of nitriles is 1. The quantitative estimate of drug-likeness (QED) is 0.540. The molecule has 1 atom stereocenters. The van der Waals surface area contributed by atoms with Crippen LogP contribution >= 0.6 is 11.6 Å². The lowest BCUT2D eigenvalue weighted by atomic mass is 9.89. The highest BCUT2D eigenvalue weighted by atomic mass is 35.5. The van der Waals surface area contributed by atoms with Crippen molar-refractivity contribution in [2.75, 3.05) is 5.32 Å². The average Bonchev–Trinajstić information content (AvgIpc) is 2.69. The first kappa shape index (κ1) is 20.0. The molecule has 3 rings (SSSR count). The number of carbonyl (C=O) groups is 1. The minimum Gasteiger partial charge on any atom is -0.360 e. The summed E-state index contributed by atoms with van der Waals surface area (Å²) in [6.45, 7) is 3.85. The van der Waals surface area contributed by atoms with Gasteiger partial charge in [0.2, 0.25) is 0 Å². The van der Waals surface area contributed by atoms with Crippen molar-refractivity contribution in [1.29, 1.82) is 5.26 Å². The van der Waals surface area contributed by atoms with Crippen molar-refractivity contribution in [2.24, 2.45) is 0 Å². The number of fused-ring (bicyclic) bond motifs is 1. The second kappa shape index (κ2) is 8.95. The fourth-order valence-corrected chi connectivity index (χ4v) is 3.69. The van der Waals surface area contributed by atoms with Gasteiger partial charge in [0, 0.05) is 16.9 Å². The molecule has 0 saturated carbocycles. The number of hydrogen-bond donors (Lipinski definition) is 2. The first-order valence-corrected chi connectivity index (χ1v) is 9.91. The van der Waals surface area contributed by atoms with Gasteiger partial charge in [0.05, 0.1) is 6.04 Å².